The Morgan fingerprint density at radius 1 is 1.38 bits per heavy atom. The standard InChI is InChI=1S/C13H12Cl2N2O3S/c1-7(9-6-12(14)21-13(9)15)16-10-4-3-8(20-2)5-11(10)17(18)19/h3-7,16H,1-2H3. The molecule has 0 saturated heterocycles. The fourth-order valence-electron chi connectivity index (χ4n) is 1.87. The van der Waals surface area contributed by atoms with E-state index in [1.165, 1.54) is 24.5 Å². The third kappa shape index (κ3) is 3.58. The summed E-state index contributed by atoms with van der Waals surface area (Å²) in [6.45, 7) is 1.86. The van der Waals surface area contributed by atoms with Crippen LogP contribution in [0.1, 0.15) is 18.5 Å². The molecule has 0 radical (unpaired) electrons. The number of methoxy groups -OCH3 is 1. The van der Waals surface area contributed by atoms with E-state index in [2.05, 4.69) is 5.32 Å². The molecule has 112 valence electrons. The minimum atomic E-state index is -0.459. The van der Waals surface area contributed by atoms with Crippen LogP contribution in [0.4, 0.5) is 11.4 Å². The van der Waals surface area contributed by atoms with Crippen LogP contribution >= 0.6 is 34.5 Å². The first-order valence-corrected chi connectivity index (χ1v) is 7.53. The Labute approximate surface area is 135 Å². The van der Waals surface area contributed by atoms with Crippen molar-refractivity contribution in [1.29, 1.82) is 0 Å². The predicted molar refractivity (Wildman–Crippen MR) is 86.0 cm³/mol. The fourth-order valence-corrected chi connectivity index (χ4v) is 3.52. The van der Waals surface area contributed by atoms with Gasteiger partial charge in [-0.05, 0) is 25.1 Å². The maximum absolute atomic E-state index is 11.1. The van der Waals surface area contributed by atoms with Crippen LogP contribution in [-0.2, 0) is 0 Å². The summed E-state index contributed by atoms with van der Waals surface area (Å²) in [7, 11) is 1.46. The second kappa shape index (κ2) is 6.51. The van der Waals surface area contributed by atoms with Crippen LogP contribution in [0.15, 0.2) is 24.3 Å². The highest BCUT2D eigenvalue weighted by Crippen LogP contribution is 2.38. The molecule has 5 nitrogen and oxygen atoms in total. The Kier molecular flexibility index (Phi) is 4.92. The molecule has 0 amide bonds. The molecular weight excluding hydrogens is 335 g/mol. The van der Waals surface area contributed by atoms with Crippen LogP contribution in [0.2, 0.25) is 8.67 Å². The van der Waals surface area contributed by atoms with E-state index in [9.17, 15) is 10.1 Å². The molecule has 1 aromatic carbocycles. The van der Waals surface area contributed by atoms with Crippen molar-refractivity contribution in [2.75, 3.05) is 12.4 Å². The average Bonchev–Trinajstić information content (AvgIpc) is 2.78. The molecular formula is C13H12Cl2N2O3S. The quantitative estimate of drug-likeness (QED) is 0.600. The fraction of sp³-hybridized carbons (Fsp3) is 0.231. The molecule has 8 heteroatoms. The van der Waals surface area contributed by atoms with Gasteiger partial charge in [0.05, 0.1) is 32.8 Å². The van der Waals surface area contributed by atoms with Gasteiger partial charge in [0, 0.05) is 5.56 Å². The summed E-state index contributed by atoms with van der Waals surface area (Å²) >= 11 is 13.3. The van der Waals surface area contributed by atoms with Gasteiger partial charge in [0.1, 0.15) is 11.4 Å². The molecule has 0 bridgehead atoms. The maximum atomic E-state index is 11.1. The van der Waals surface area contributed by atoms with E-state index in [0.29, 0.717) is 20.1 Å². The largest absolute Gasteiger partial charge is 0.496 e. The lowest BCUT2D eigenvalue weighted by Gasteiger charge is -2.15. The van der Waals surface area contributed by atoms with E-state index in [-0.39, 0.29) is 11.7 Å². The van der Waals surface area contributed by atoms with Crippen molar-refractivity contribution >= 4 is 45.9 Å². The number of thiophene rings is 1. The summed E-state index contributed by atoms with van der Waals surface area (Å²) in [5.74, 6) is 0.427. The minimum absolute atomic E-state index is 0.0568. The number of nitrogens with zero attached hydrogens (tertiary/aromatic N) is 1. The molecule has 1 N–H and O–H groups in total. The Hall–Kier alpha value is -1.50. The van der Waals surface area contributed by atoms with E-state index in [0.717, 1.165) is 5.56 Å². The minimum Gasteiger partial charge on any atom is -0.496 e. The SMILES string of the molecule is COc1ccc(NC(C)c2cc(Cl)sc2Cl)c([N+](=O)[O-])c1. The number of nitro groups is 1. The first-order chi connectivity index (χ1) is 9.92. The van der Waals surface area contributed by atoms with Crippen LogP contribution in [0.5, 0.6) is 5.75 Å². The predicted octanol–water partition coefficient (Wildman–Crippen LogP) is 5.14. The van der Waals surface area contributed by atoms with Crippen LogP contribution < -0.4 is 10.1 Å². The number of rotatable bonds is 5. The van der Waals surface area contributed by atoms with Crippen LogP contribution in [0.3, 0.4) is 0 Å². The molecule has 21 heavy (non-hydrogen) atoms. The first-order valence-electron chi connectivity index (χ1n) is 5.96. The zero-order chi connectivity index (χ0) is 15.6. The summed E-state index contributed by atoms with van der Waals surface area (Å²) in [6, 6.07) is 6.17. The van der Waals surface area contributed by atoms with Crippen molar-refractivity contribution in [2.45, 2.75) is 13.0 Å². The lowest BCUT2D eigenvalue weighted by atomic mass is 10.1. The van der Waals surface area contributed by atoms with Crippen molar-refractivity contribution in [1.82, 2.24) is 0 Å². The monoisotopic (exact) mass is 346 g/mol. The molecule has 0 aliphatic rings. The number of hydrogen-bond acceptors (Lipinski definition) is 5. The number of halogens is 2. The first kappa shape index (κ1) is 15.9. The van der Waals surface area contributed by atoms with Crippen molar-refractivity contribution < 1.29 is 9.66 Å². The number of hydrogen-bond donors (Lipinski definition) is 1. The lowest BCUT2D eigenvalue weighted by Crippen LogP contribution is -2.08. The van der Waals surface area contributed by atoms with E-state index < -0.39 is 4.92 Å². The van der Waals surface area contributed by atoms with Gasteiger partial charge in [-0.3, -0.25) is 10.1 Å². The Bertz CT molecular complexity index is 675. The summed E-state index contributed by atoms with van der Waals surface area (Å²) in [5, 5.41) is 14.2. The maximum Gasteiger partial charge on any atom is 0.296 e. The number of nitrogens with one attached hydrogen (secondary N) is 1. The molecule has 0 aliphatic carbocycles. The van der Waals surface area contributed by atoms with Crippen LogP contribution in [0.25, 0.3) is 0 Å². The number of benzene rings is 1. The van der Waals surface area contributed by atoms with E-state index in [4.69, 9.17) is 27.9 Å². The molecule has 2 rings (SSSR count). The van der Waals surface area contributed by atoms with Gasteiger partial charge >= 0.3 is 0 Å². The number of nitro benzene ring substituents is 1. The summed E-state index contributed by atoms with van der Waals surface area (Å²) in [5.41, 5.74) is 1.14. The summed E-state index contributed by atoms with van der Waals surface area (Å²) in [4.78, 5) is 10.7. The van der Waals surface area contributed by atoms with Crippen molar-refractivity contribution in [3.63, 3.8) is 0 Å². The third-order valence-corrected chi connectivity index (χ3v) is 4.44. The third-order valence-electron chi connectivity index (χ3n) is 2.92. The molecule has 1 atom stereocenters. The molecule has 1 aromatic heterocycles. The molecule has 1 unspecified atom stereocenters. The molecule has 1 heterocycles. The Morgan fingerprint density at radius 2 is 2.10 bits per heavy atom. The van der Waals surface area contributed by atoms with Gasteiger partial charge in [-0.15, -0.1) is 11.3 Å². The molecule has 0 fully saturated rings. The number of anilines is 1. The highest BCUT2D eigenvalue weighted by atomic mass is 35.5. The van der Waals surface area contributed by atoms with Crippen molar-refractivity contribution in [2.24, 2.45) is 0 Å². The summed E-state index contributed by atoms with van der Waals surface area (Å²) in [6.07, 6.45) is 0. The lowest BCUT2D eigenvalue weighted by molar-refractivity contribution is -0.384. The normalized spacial score (nSPS) is 12.0. The highest BCUT2D eigenvalue weighted by Gasteiger charge is 2.19. The average molecular weight is 347 g/mol. The van der Waals surface area contributed by atoms with E-state index in [1.807, 2.05) is 6.92 Å². The van der Waals surface area contributed by atoms with Crippen LogP contribution in [0, 0.1) is 10.1 Å². The molecule has 0 saturated carbocycles. The van der Waals surface area contributed by atoms with Crippen molar-refractivity contribution in [3.05, 3.63) is 48.6 Å². The van der Waals surface area contributed by atoms with Gasteiger partial charge in [0.2, 0.25) is 0 Å². The molecule has 0 spiro atoms. The topological polar surface area (TPSA) is 64.4 Å². The zero-order valence-electron chi connectivity index (χ0n) is 11.2. The Balaban J connectivity index is 2.30. The van der Waals surface area contributed by atoms with Crippen molar-refractivity contribution in [3.8, 4) is 5.75 Å². The van der Waals surface area contributed by atoms with Gasteiger partial charge < -0.3 is 10.1 Å². The van der Waals surface area contributed by atoms with Gasteiger partial charge in [-0.25, -0.2) is 0 Å². The van der Waals surface area contributed by atoms with Crippen LogP contribution in [-0.4, -0.2) is 12.0 Å². The summed E-state index contributed by atoms with van der Waals surface area (Å²) < 4.78 is 6.15. The highest BCUT2D eigenvalue weighted by molar-refractivity contribution is 7.20. The second-order valence-corrected chi connectivity index (χ2v) is 6.57. The molecule has 0 aliphatic heterocycles. The van der Waals surface area contributed by atoms with Gasteiger partial charge in [0.15, 0.2) is 0 Å². The zero-order valence-corrected chi connectivity index (χ0v) is 13.6. The number of ether oxygens (including phenoxy) is 1. The van der Waals surface area contributed by atoms with Gasteiger partial charge in [0.25, 0.3) is 5.69 Å². The van der Waals surface area contributed by atoms with E-state index >= 15 is 0 Å². The smallest absolute Gasteiger partial charge is 0.296 e. The van der Waals surface area contributed by atoms with Gasteiger partial charge in [-0.2, -0.15) is 0 Å². The molecule has 2 aromatic rings. The van der Waals surface area contributed by atoms with Gasteiger partial charge in [-0.1, -0.05) is 23.2 Å². The Morgan fingerprint density at radius 3 is 2.62 bits per heavy atom. The van der Waals surface area contributed by atoms with E-state index in [1.54, 1.807) is 18.2 Å². The second-order valence-electron chi connectivity index (χ2n) is 4.29.